The largest absolute Gasteiger partial charge is 0.497 e. The van der Waals surface area contributed by atoms with Crippen LogP contribution in [0.1, 0.15) is 42.0 Å². The highest BCUT2D eigenvalue weighted by molar-refractivity contribution is 8.00. The van der Waals surface area contributed by atoms with Gasteiger partial charge in [0, 0.05) is 19.5 Å². The molecule has 3 heterocycles. The van der Waals surface area contributed by atoms with Crippen molar-refractivity contribution in [2.45, 2.75) is 48.7 Å². The normalized spacial score (nSPS) is 22.0. The van der Waals surface area contributed by atoms with Gasteiger partial charge in [-0.1, -0.05) is 30.8 Å². The fourth-order valence-corrected chi connectivity index (χ4v) is 5.03. The molecular weight excluding hydrogens is 364 g/mol. The van der Waals surface area contributed by atoms with E-state index in [-0.39, 0.29) is 23.3 Å². The molecule has 1 fully saturated rings. The van der Waals surface area contributed by atoms with Crippen molar-refractivity contribution in [2.75, 3.05) is 20.2 Å². The fourth-order valence-electron chi connectivity index (χ4n) is 3.76. The van der Waals surface area contributed by atoms with Gasteiger partial charge < -0.3 is 9.84 Å². The van der Waals surface area contributed by atoms with Crippen molar-refractivity contribution in [1.82, 2.24) is 19.7 Å². The molecule has 4 rings (SSSR count). The maximum absolute atomic E-state index is 13.1. The van der Waals surface area contributed by atoms with Crippen LogP contribution in [0.25, 0.3) is 0 Å². The standard InChI is InChI=1S/C19H24N4O3S/c1-3-15-20-19-23(21-15)18(25)17(27-19)16(22-9-7-13(24)8-10-22)12-5-4-6-14(11-12)26-2/h4-6,11,13,16-17,24H,3,7-10H2,1-2H3. The highest BCUT2D eigenvalue weighted by Gasteiger charge is 2.43. The Bertz CT molecular complexity index is 832. The summed E-state index contributed by atoms with van der Waals surface area (Å²) in [6.45, 7) is 3.49. The third-order valence-corrected chi connectivity index (χ3v) is 6.43. The Balaban J connectivity index is 1.67. The maximum Gasteiger partial charge on any atom is 0.264 e. The van der Waals surface area contributed by atoms with Crippen LogP contribution in [-0.2, 0) is 6.42 Å². The Hall–Kier alpha value is -1.90. The summed E-state index contributed by atoms with van der Waals surface area (Å²) in [4.78, 5) is 19.9. The molecule has 144 valence electrons. The number of nitrogens with zero attached hydrogens (tertiary/aromatic N) is 4. The first kappa shape index (κ1) is 18.5. The van der Waals surface area contributed by atoms with Gasteiger partial charge in [-0.25, -0.2) is 4.98 Å². The molecule has 2 aromatic rings. The molecule has 1 aromatic carbocycles. The third-order valence-electron chi connectivity index (χ3n) is 5.24. The Morgan fingerprint density at radius 1 is 1.37 bits per heavy atom. The number of aryl methyl sites for hydroxylation is 1. The summed E-state index contributed by atoms with van der Waals surface area (Å²) in [6, 6.07) is 7.78. The number of methoxy groups -OCH3 is 1. The number of rotatable bonds is 5. The van der Waals surface area contributed by atoms with Crippen LogP contribution in [0.15, 0.2) is 29.4 Å². The smallest absolute Gasteiger partial charge is 0.264 e. The fraction of sp³-hybridized carbons (Fsp3) is 0.526. The molecule has 1 saturated heterocycles. The number of hydrogen-bond donors (Lipinski definition) is 1. The Kier molecular flexibility index (Phi) is 5.21. The molecule has 1 aromatic heterocycles. The molecule has 27 heavy (non-hydrogen) atoms. The average Bonchev–Trinajstić information content (AvgIpc) is 3.23. The highest BCUT2D eigenvalue weighted by atomic mass is 32.2. The summed E-state index contributed by atoms with van der Waals surface area (Å²) < 4.78 is 6.85. The van der Waals surface area contributed by atoms with E-state index in [1.807, 2.05) is 31.2 Å². The van der Waals surface area contributed by atoms with Crippen LogP contribution in [0.4, 0.5) is 0 Å². The van der Waals surface area contributed by atoms with E-state index in [2.05, 4.69) is 15.0 Å². The molecule has 0 bridgehead atoms. The van der Waals surface area contributed by atoms with Crippen molar-refractivity contribution in [3.63, 3.8) is 0 Å². The number of aliphatic hydroxyl groups is 1. The van der Waals surface area contributed by atoms with Gasteiger partial charge in [0.05, 0.1) is 19.3 Å². The molecular formula is C19H24N4O3S. The lowest BCUT2D eigenvalue weighted by Crippen LogP contribution is -2.44. The molecule has 2 atom stereocenters. The number of piperidine rings is 1. The Morgan fingerprint density at radius 2 is 2.15 bits per heavy atom. The van der Waals surface area contributed by atoms with Gasteiger partial charge in [0.2, 0.25) is 0 Å². The zero-order chi connectivity index (χ0) is 19.0. The molecule has 0 aliphatic carbocycles. The third kappa shape index (κ3) is 3.49. The first-order chi connectivity index (χ1) is 13.1. The van der Waals surface area contributed by atoms with Crippen LogP contribution < -0.4 is 4.74 Å². The highest BCUT2D eigenvalue weighted by Crippen LogP contribution is 2.42. The van der Waals surface area contributed by atoms with Gasteiger partial charge in [0.15, 0.2) is 11.0 Å². The Labute approximate surface area is 162 Å². The predicted octanol–water partition coefficient (Wildman–Crippen LogP) is 2.16. The van der Waals surface area contributed by atoms with Gasteiger partial charge in [-0.3, -0.25) is 9.69 Å². The van der Waals surface area contributed by atoms with Crippen LogP contribution in [0.2, 0.25) is 0 Å². The van der Waals surface area contributed by atoms with Crippen LogP contribution in [0.3, 0.4) is 0 Å². The molecule has 2 aliphatic heterocycles. The molecule has 0 saturated carbocycles. The lowest BCUT2D eigenvalue weighted by atomic mass is 9.97. The van der Waals surface area contributed by atoms with Crippen LogP contribution in [0, 0.1) is 0 Å². The van der Waals surface area contributed by atoms with Gasteiger partial charge >= 0.3 is 0 Å². The maximum atomic E-state index is 13.1. The number of likely N-dealkylation sites (tertiary alicyclic amines) is 1. The summed E-state index contributed by atoms with van der Waals surface area (Å²) in [6.07, 6.45) is 1.88. The molecule has 0 amide bonds. The number of carbonyl (C=O) groups excluding carboxylic acids is 1. The number of carbonyl (C=O) groups is 1. The summed E-state index contributed by atoms with van der Waals surface area (Å²) in [5, 5.41) is 14.6. The molecule has 7 nitrogen and oxygen atoms in total. The summed E-state index contributed by atoms with van der Waals surface area (Å²) in [5.74, 6) is 1.44. The van der Waals surface area contributed by atoms with Gasteiger partial charge in [0.25, 0.3) is 5.91 Å². The van der Waals surface area contributed by atoms with Crippen molar-refractivity contribution in [3.8, 4) is 5.75 Å². The SMILES string of the molecule is CCc1nc2n(n1)C(=O)C(C(c1cccc(OC)c1)N1CCC(O)CC1)S2. The molecule has 8 heteroatoms. The van der Waals surface area contributed by atoms with Gasteiger partial charge in [-0.05, 0) is 30.5 Å². The van der Waals surface area contributed by atoms with Crippen molar-refractivity contribution in [1.29, 1.82) is 0 Å². The minimum atomic E-state index is -0.312. The van der Waals surface area contributed by atoms with Crippen LogP contribution in [-0.4, -0.2) is 62.2 Å². The zero-order valence-electron chi connectivity index (χ0n) is 15.5. The lowest BCUT2D eigenvalue weighted by Gasteiger charge is -2.38. The number of fused-ring (bicyclic) bond motifs is 1. The predicted molar refractivity (Wildman–Crippen MR) is 102 cm³/mol. The summed E-state index contributed by atoms with van der Waals surface area (Å²) >= 11 is 1.49. The number of ether oxygens (including phenoxy) is 1. The van der Waals surface area contributed by atoms with E-state index in [1.165, 1.54) is 16.4 Å². The molecule has 2 aliphatic rings. The van der Waals surface area contributed by atoms with Gasteiger partial charge in [-0.2, -0.15) is 4.68 Å². The number of benzene rings is 1. The van der Waals surface area contributed by atoms with Crippen molar-refractivity contribution < 1.29 is 14.6 Å². The number of aliphatic hydroxyl groups excluding tert-OH is 1. The van der Waals surface area contributed by atoms with Gasteiger partial charge in [0.1, 0.15) is 11.0 Å². The minimum absolute atomic E-state index is 0.0267. The first-order valence-corrected chi connectivity index (χ1v) is 10.2. The first-order valence-electron chi connectivity index (χ1n) is 9.33. The van der Waals surface area contributed by atoms with E-state index in [9.17, 15) is 9.90 Å². The number of aromatic nitrogens is 3. The van der Waals surface area contributed by atoms with E-state index in [0.717, 1.165) is 37.2 Å². The number of thioether (sulfide) groups is 1. The summed E-state index contributed by atoms with van der Waals surface area (Å²) in [5.41, 5.74) is 1.04. The monoisotopic (exact) mass is 388 g/mol. The number of hydrogen-bond acceptors (Lipinski definition) is 7. The molecule has 1 N–H and O–H groups in total. The second-order valence-corrected chi connectivity index (χ2v) is 8.05. The van der Waals surface area contributed by atoms with Crippen LogP contribution >= 0.6 is 11.8 Å². The van der Waals surface area contributed by atoms with Crippen LogP contribution in [0.5, 0.6) is 5.75 Å². The van der Waals surface area contributed by atoms with E-state index >= 15 is 0 Å². The van der Waals surface area contributed by atoms with E-state index in [4.69, 9.17) is 4.74 Å². The van der Waals surface area contributed by atoms with E-state index in [0.29, 0.717) is 17.4 Å². The van der Waals surface area contributed by atoms with Crippen molar-refractivity contribution in [3.05, 3.63) is 35.7 Å². The van der Waals surface area contributed by atoms with Crippen molar-refractivity contribution >= 4 is 17.7 Å². The lowest BCUT2D eigenvalue weighted by molar-refractivity contribution is 0.0551. The molecule has 2 unspecified atom stereocenters. The zero-order valence-corrected chi connectivity index (χ0v) is 16.4. The van der Waals surface area contributed by atoms with Gasteiger partial charge in [-0.15, -0.1) is 5.10 Å². The van der Waals surface area contributed by atoms with E-state index < -0.39 is 0 Å². The molecule has 0 spiro atoms. The van der Waals surface area contributed by atoms with Crippen molar-refractivity contribution in [2.24, 2.45) is 0 Å². The minimum Gasteiger partial charge on any atom is -0.497 e. The van der Waals surface area contributed by atoms with E-state index in [1.54, 1.807) is 7.11 Å². The second kappa shape index (κ2) is 7.61. The topological polar surface area (TPSA) is 80.5 Å². The quantitative estimate of drug-likeness (QED) is 0.841. The Morgan fingerprint density at radius 3 is 2.81 bits per heavy atom. The average molecular weight is 388 g/mol. The molecule has 0 radical (unpaired) electrons. The second-order valence-electron chi connectivity index (χ2n) is 6.94. The summed E-state index contributed by atoms with van der Waals surface area (Å²) in [7, 11) is 1.65.